The average Bonchev–Trinajstić information content (AvgIpc) is 2.77. The molecule has 2 fully saturated rings. The van der Waals surface area contributed by atoms with Crippen molar-refractivity contribution >= 4 is 12.9 Å². The van der Waals surface area contributed by atoms with Gasteiger partial charge in [-0.05, 0) is 32.8 Å². The molecule has 5 nitrogen and oxygen atoms in total. The monoisotopic (exact) mass is 254 g/mol. The van der Waals surface area contributed by atoms with E-state index in [-0.39, 0.29) is 12.3 Å². The Morgan fingerprint density at radius 2 is 2.33 bits per heavy atom. The highest BCUT2D eigenvalue weighted by atomic mass is 16.4. The van der Waals surface area contributed by atoms with Crippen LogP contribution >= 0.6 is 0 Å². The molecule has 2 aliphatic heterocycles. The Morgan fingerprint density at radius 3 is 2.94 bits per heavy atom. The van der Waals surface area contributed by atoms with E-state index >= 15 is 0 Å². The van der Waals surface area contributed by atoms with E-state index in [1.54, 1.807) is 6.82 Å². The summed E-state index contributed by atoms with van der Waals surface area (Å²) in [5.41, 5.74) is -0.143. The van der Waals surface area contributed by atoms with Gasteiger partial charge >= 0.3 is 5.97 Å². The van der Waals surface area contributed by atoms with Crippen LogP contribution in [0.2, 0.25) is 13.1 Å². The Labute approximate surface area is 109 Å². The van der Waals surface area contributed by atoms with E-state index in [1.807, 2.05) is 0 Å². The fourth-order valence-electron chi connectivity index (χ4n) is 3.77. The number of carboxylic acid groups (broad SMARTS) is 1. The lowest BCUT2D eigenvalue weighted by molar-refractivity contribution is -0.142. The molecule has 0 aromatic carbocycles. The highest BCUT2D eigenvalue weighted by Gasteiger charge is 2.57. The van der Waals surface area contributed by atoms with Crippen molar-refractivity contribution < 1.29 is 14.9 Å². The van der Waals surface area contributed by atoms with Gasteiger partial charge in [-0.3, -0.25) is 4.79 Å². The van der Waals surface area contributed by atoms with Gasteiger partial charge in [0, 0.05) is 18.0 Å². The van der Waals surface area contributed by atoms with Gasteiger partial charge < -0.3 is 20.3 Å². The number of hydrogen-bond donors (Lipinski definition) is 3. The first-order chi connectivity index (χ1) is 8.47. The van der Waals surface area contributed by atoms with Crippen molar-refractivity contribution in [2.75, 3.05) is 20.1 Å². The number of rotatable bonds is 5. The Kier molecular flexibility index (Phi) is 3.99. The molecule has 0 saturated carbocycles. The lowest BCUT2D eigenvalue weighted by atomic mass is 9.64. The Hall–Kier alpha value is -0.585. The van der Waals surface area contributed by atoms with Crippen molar-refractivity contribution in [2.45, 2.75) is 44.5 Å². The predicted molar refractivity (Wildman–Crippen MR) is 70.8 cm³/mol. The zero-order valence-electron chi connectivity index (χ0n) is 11.2. The fraction of sp³-hybridized carbons (Fsp3) is 0.917. The smallest absolute Gasteiger partial charge is 0.321 e. The molecule has 0 spiro atoms. The lowest BCUT2D eigenvalue weighted by Crippen LogP contribution is -2.45. The molecule has 0 aliphatic carbocycles. The van der Waals surface area contributed by atoms with Gasteiger partial charge in [-0.15, -0.1) is 0 Å². The normalized spacial score (nSPS) is 35.7. The van der Waals surface area contributed by atoms with Crippen LogP contribution in [0.25, 0.3) is 0 Å². The zero-order chi connectivity index (χ0) is 13.3. The number of likely N-dealkylation sites (tertiary alicyclic amines) is 1. The molecule has 0 radical (unpaired) electrons. The molecule has 2 rings (SSSR count). The van der Waals surface area contributed by atoms with Crippen LogP contribution in [-0.2, 0) is 4.79 Å². The van der Waals surface area contributed by atoms with Gasteiger partial charge in [0.05, 0.1) is 0 Å². The van der Waals surface area contributed by atoms with Crippen LogP contribution < -0.4 is 5.32 Å². The number of fused-ring (bicyclic) bond motifs is 1. The Morgan fingerprint density at radius 1 is 1.61 bits per heavy atom. The van der Waals surface area contributed by atoms with Gasteiger partial charge in [0.15, 0.2) is 0 Å². The van der Waals surface area contributed by atoms with E-state index in [2.05, 4.69) is 17.3 Å². The zero-order valence-corrected chi connectivity index (χ0v) is 11.2. The molecule has 3 N–H and O–H groups in total. The summed E-state index contributed by atoms with van der Waals surface area (Å²) in [6.07, 6.45) is 3.48. The summed E-state index contributed by atoms with van der Waals surface area (Å²) in [6.45, 7) is 3.24. The number of aliphatic carboxylic acids is 1. The van der Waals surface area contributed by atoms with Crippen molar-refractivity contribution in [1.82, 2.24) is 10.2 Å². The molecule has 3 unspecified atom stereocenters. The molecule has 102 valence electrons. The molecular weight excluding hydrogens is 231 g/mol. The van der Waals surface area contributed by atoms with Crippen molar-refractivity contribution in [3.8, 4) is 0 Å². The van der Waals surface area contributed by atoms with E-state index in [9.17, 15) is 14.9 Å². The first-order valence-corrected chi connectivity index (χ1v) is 6.82. The van der Waals surface area contributed by atoms with Crippen LogP contribution in [0.1, 0.15) is 19.3 Å². The van der Waals surface area contributed by atoms with Gasteiger partial charge in [0.2, 0.25) is 0 Å². The summed E-state index contributed by atoms with van der Waals surface area (Å²) < 4.78 is 0. The minimum absolute atomic E-state index is 0.143. The number of carbonyl (C=O) groups is 1. The fourth-order valence-corrected chi connectivity index (χ4v) is 3.77. The molecule has 3 atom stereocenters. The number of nitrogens with zero attached hydrogens (tertiary/aromatic N) is 1. The van der Waals surface area contributed by atoms with Crippen molar-refractivity contribution in [3.05, 3.63) is 0 Å². The number of hydrogen-bond acceptors (Lipinski definition) is 4. The van der Waals surface area contributed by atoms with Crippen molar-refractivity contribution in [1.29, 1.82) is 0 Å². The first-order valence-electron chi connectivity index (χ1n) is 6.82. The molecule has 0 aromatic heterocycles. The molecule has 0 bridgehead atoms. The second-order valence-electron chi connectivity index (χ2n) is 5.90. The largest absolute Gasteiger partial charge is 0.480 e. The van der Waals surface area contributed by atoms with Gasteiger partial charge in [-0.1, -0.05) is 13.2 Å². The van der Waals surface area contributed by atoms with Gasteiger partial charge in [0.1, 0.15) is 6.04 Å². The SMILES string of the molecule is CB(O)CCCC12CCN(C)C1CNC2C(=O)O. The second kappa shape index (κ2) is 5.19. The molecule has 2 aliphatic rings. The highest BCUT2D eigenvalue weighted by molar-refractivity contribution is 6.48. The van der Waals surface area contributed by atoms with Crippen LogP contribution in [0, 0.1) is 5.41 Å². The standard InChI is InChI=1S/C12H23BN2O3/c1-13(18)6-3-4-12-5-7-15(2)9(12)8-14-10(12)11(16)17/h9-10,14,18H,3-8H2,1-2H3,(H,16,17). The maximum absolute atomic E-state index is 11.4. The van der Waals surface area contributed by atoms with Crippen LogP contribution in [0.4, 0.5) is 0 Å². The van der Waals surface area contributed by atoms with E-state index in [0.29, 0.717) is 6.04 Å². The molecule has 2 heterocycles. The van der Waals surface area contributed by atoms with E-state index in [1.165, 1.54) is 0 Å². The summed E-state index contributed by atoms with van der Waals surface area (Å²) in [5, 5.41) is 21.9. The number of carboxylic acids is 1. The minimum atomic E-state index is -0.732. The van der Waals surface area contributed by atoms with E-state index < -0.39 is 12.0 Å². The summed E-state index contributed by atoms with van der Waals surface area (Å²) >= 11 is 0. The summed E-state index contributed by atoms with van der Waals surface area (Å²) in [4.78, 5) is 13.7. The average molecular weight is 254 g/mol. The van der Waals surface area contributed by atoms with Crippen LogP contribution in [0.3, 0.4) is 0 Å². The minimum Gasteiger partial charge on any atom is -0.480 e. The summed E-state index contributed by atoms with van der Waals surface area (Å²) in [6, 6.07) is -0.103. The number of likely N-dealkylation sites (N-methyl/N-ethyl adjacent to an activating group) is 1. The van der Waals surface area contributed by atoms with Crippen LogP contribution in [0.5, 0.6) is 0 Å². The van der Waals surface area contributed by atoms with Crippen LogP contribution in [0.15, 0.2) is 0 Å². The Balaban J connectivity index is 2.09. The lowest BCUT2D eigenvalue weighted by Gasteiger charge is -2.33. The third-order valence-electron chi connectivity index (χ3n) is 4.73. The molecule has 2 saturated heterocycles. The third kappa shape index (κ3) is 2.29. The summed E-state index contributed by atoms with van der Waals surface area (Å²) in [7, 11) is 2.08. The van der Waals surface area contributed by atoms with Crippen LogP contribution in [-0.4, -0.2) is 60.1 Å². The second-order valence-corrected chi connectivity index (χ2v) is 5.90. The topological polar surface area (TPSA) is 72.8 Å². The summed E-state index contributed by atoms with van der Waals surface area (Å²) in [5.74, 6) is -0.732. The molecule has 18 heavy (non-hydrogen) atoms. The molecule has 6 heteroatoms. The van der Waals surface area contributed by atoms with Crippen molar-refractivity contribution in [2.24, 2.45) is 5.41 Å². The number of nitrogens with one attached hydrogen (secondary N) is 1. The predicted octanol–water partition coefficient (Wildman–Crippen LogP) is 0.127. The maximum Gasteiger partial charge on any atom is 0.321 e. The molecular formula is C12H23BN2O3. The third-order valence-corrected chi connectivity index (χ3v) is 4.73. The van der Waals surface area contributed by atoms with Gasteiger partial charge in [0.25, 0.3) is 6.92 Å². The molecule has 0 amide bonds. The van der Waals surface area contributed by atoms with Crippen molar-refractivity contribution in [3.63, 3.8) is 0 Å². The maximum atomic E-state index is 11.4. The van der Waals surface area contributed by atoms with E-state index in [4.69, 9.17) is 0 Å². The quantitative estimate of drug-likeness (QED) is 0.608. The van der Waals surface area contributed by atoms with Gasteiger partial charge in [-0.25, -0.2) is 0 Å². The highest BCUT2D eigenvalue weighted by Crippen LogP contribution is 2.46. The van der Waals surface area contributed by atoms with E-state index in [0.717, 1.165) is 38.7 Å². The first kappa shape index (κ1) is 13.8. The molecule has 0 aromatic rings. The Bertz CT molecular complexity index is 326. The van der Waals surface area contributed by atoms with Gasteiger partial charge in [-0.2, -0.15) is 0 Å².